The second-order valence-corrected chi connectivity index (χ2v) is 3.69. The lowest BCUT2D eigenvalue weighted by atomic mass is 10.2. The quantitative estimate of drug-likeness (QED) is 0.585. The number of hydrogen-bond donors (Lipinski definition) is 1. The number of aliphatic carboxylic acids is 1. The minimum Gasteiger partial charge on any atom is -0.481 e. The molecule has 0 unspecified atom stereocenters. The Bertz CT molecular complexity index is 145. The van der Waals surface area contributed by atoms with Crippen LogP contribution in [0.3, 0.4) is 0 Å². The molecule has 14 heavy (non-hydrogen) atoms. The Morgan fingerprint density at radius 1 is 1.29 bits per heavy atom. The number of hydrogen-bond acceptors (Lipinski definition) is 2. The molecule has 0 aromatic carbocycles. The van der Waals surface area contributed by atoms with Gasteiger partial charge in [-0.25, -0.2) is 0 Å². The van der Waals surface area contributed by atoms with Crippen LogP contribution in [0.4, 0.5) is 0 Å². The van der Waals surface area contributed by atoms with Crippen molar-refractivity contribution in [1.82, 2.24) is 0 Å². The van der Waals surface area contributed by atoms with Gasteiger partial charge in [0.1, 0.15) is 0 Å². The molecule has 0 fully saturated rings. The highest BCUT2D eigenvalue weighted by atomic mass is 16.5. The van der Waals surface area contributed by atoms with Crippen molar-refractivity contribution in [2.24, 2.45) is 0 Å². The van der Waals surface area contributed by atoms with Crippen LogP contribution in [0.25, 0.3) is 0 Å². The van der Waals surface area contributed by atoms with E-state index < -0.39 is 5.97 Å². The number of carboxylic acids is 1. The smallest absolute Gasteiger partial charge is 0.305 e. The van der Waals surface area contributed by atoms with Gasteiger partial charge in [-0.05, 0) is 13.3 Å². The van der Waals surface area contributed by atoms with E-state index in [2.05, 4.69) is 6.92 Å². The number of carboxylic acid groups (broad SMARTS) is 1. The van der Waals surface area contributed by atoms with Crippen LogP contribution in [0.2, 0.25) is 0 Å². The van der Waals surface area contributed by atoms with Crippen LogP contribution in [-0.4, -0.2) is 23.8 Å². The minimum atomic E-state index is -0.788. The predicted molar refractivity (Wildman–Crippen MR) is 56.4 cm³/mol. The fourth-order valence-electron chi connectivity index (χ4n) is 1.29. The molecule has 0 rings (SSSR count). The molecule has 84 valence electrons. The molecular formula is C11H22O3. The summed E-state index contributed by atoms with van der Waals surface area (Å²) < 4.78 is 5.35. The molecule has 0 bridgehead atoms. The summed E-state index contributed by atoms with van der Waals surface area (Å²) in [5, 5.41) is 8.48. The van der Waals surface area contributed by atoms with Crippen LogP contribution in [0.15, 0.2) is 0 Å². The van der Waals surface area contributed by atoms with Crippen LogP contribution in [0, 0.1) is 0 Å². The van der Waals surface area contributed by atoms with E-state index in [1.807, 2.05) is 0 Å². The van der Waals surface area contributed by atoms with Gasteiger partial charge in [0.25, 0.3) is 0 Å². The standard InChI is InChI=1S/C11H22O3/c1-3-4-5-6-7-8-14-10(2)9-11(12)13/h10H,3-9H2,1-2H3,(H,12,13)/t10-/m1/s1. The number of carbonyl (C=O) groups is 1. The molecule has 0 aliphatic rings. The van der Waals surface area contributed by atoms with E-state index in [-0.39, 0.29) is 12.5 Å². The van der Waals surface area contributed by atoms with Crippen molar-refractivity contribution < 1.29 is 14.6 Å². The molecule has 1 N–H and O–H groups in total. The molecule has 0 saturated heterocycles. The third-order valence-corrected chi connectivity index (χ3v) is 2.11. The molecule has 1 atom stereocenters. The summed E-state index contributed by atoms with van der Waals surface area (Å²) in [6.07, 6.45) is 5.97. The monoisotopic (exact) mass is 202 g/mol. The second-order valence-electron chi connectivity index (χ2n) is 3.69. The Labute approximate surface area is 86.5 Å². The van der Waals surface area contributed by atoms with Crippen LogP contribution >= 0.6 is 0 Å². The number of unbranched alkanes of at least 4 members (excludes halogenated alkanes) is 4. The molecular weight excluding hydrogens is 180 g/mol. The van der Waals surface area contributed by atoms with Gasteiger partial charge in [0, 0.05) is 6.61 Å². The maximum absolute atomic E-state index is 10.3. The summed E-state index contributed by atoms with van der Waals surface area (Å²) in [5.41, 5.74) is 0. The molecule has 0 aromatic rings. The maximum atomic E-state index is 10.3. The molecule has 3 nitrogen and oxygen atoms in total. The van der Waals surface area contributed by atoms with Gasteiger partial charge < -0.3 is 9.84 Å². The Morgan fingerprint density at radius 3 is 2.50 bits per heavy atom. The molecule has 0 aliphatic carbocycles. The van der Waals surface area contributed by atoms with Crippen LogP contribution in [-0.2, 0) is 9.53 Å². The molecule has 0 saturated carbocycles. The third kappa shape index (κ3) is 9.52. The first-order chi connectivity index (χ1) is 6.66. The normalized spacial score (nSPS) is 12.7. The lowest BCUT2D eigenvalue weighted by Crippen LogP contribution is -2.14. The van der Waals surface area contributed by atoms with Gasteiger partial charge in [-0.1, -0.05) is 32.6 Å². The molecule has 0 heterocycles. The summed E-state index contributed by atoms with van der Waals surface area (Å²) in [7, 11) is 0. The van der Waals surface area contributed by atoms with E-state index in [9.17, 15) is 4.79 Å². The maximum Gasteiger partial charge on any atom is 0.305 e. The predicted octanol–water partition coefficient (Wildman–Crippen LogP) is 2.84. The fraction of sp³-hybridized carbons (Fsp3) is 0.909. The van der Waals surface area contributed by atoms with Crippen LogP contribution in [0.5, 0.6) is 0 Å². The van der Waals surface area contributed by atoms with Gasteiger partial charge in [-0.15, -0.1) is 0 Å². The van der Waals surface area contributed by atoms with Crippen LogP contribution < -0.4 is 0 Å². The highest BCUT2D eigenvalue weighted by molar-refractivity contribution is 5.67. The first kappa shape index (κ1) is 13.4. The van der Waals surface area contributed by atoms with E-state index in [1.54, 1.807) is 6.92 Å². The van der Waals surface area contributed by atoms with Gasteiger partial charge in [-0.2, -0.15) is 0 Å². The van der Waals surface area contributed by atoms with E-state index >= 15 is 0 Å². The molecule has 0 aromatic heterocycles. The SMILES string of the molecule is CCCCCCCO[C@H](C)CC(=O)O. The molecule has 0 spiro atoms. The van der Waals surface area contributed by atoms with Gasteiger partial charge >= 0.3 is 5.97 Å². The summed E-state index contributed by atoms with van der Waals surface area (Å²) >= 11 is 0. The van der Waals surface area contributed by atoms with Gasteiger partial charge in [-0.3, -0.25) is 4.79 Å². The largest absolute Gasteiger partial charge is 0.481 e. The van der Waals surface area contributed by atoms with Crippen molar-refractivity contribution in [2.45, 2.75) is 58.5 Å². The summed E-state index contributed by atoms with van der Waals surface area (Å²) in [4.78, 5) is 10.3. The van der Waals surface area contributed by atoms with Gasteiger partial charge in [0.2, 0.25) is 0 Å². The Kier molecular flexibility index (Phi) is 8.64. The van der Waals surface area contributed by atoms with E-state index in [4.69, 9.17) is 9.84 Å². The van der Waals surface area contributed by atoms with Crippen molar-refractivity contribution in [3.63, 3.8) is 0 Å². The van der Waals surface area contributed by atoms with Crippen molar-refractivity contribution >= 4 is 5.97 Å². The van der Waals surface area contributed by atoms with Crippen molar-refractivity contribution in [1.29, 1.82) is 0 Å². The van der Waals surface area contributed by atoms with Gasteiger partial charge in [0.05, 0.1) is 12.5 Å². The van der Waals surface area contributed by atoms with Crippen molar-refractivity contribution in [3.05, 3.63) is 0 Å². The molecule has 0 amide bonds. The molecule has 0 radical (unpaired) electrons. The second kappa shape index (κ2) is 9.00. The zero-order chi connectivity index (χ0) is 10.8. The molecule has 0 aliphatic heterocycles. The topological polar surface area (TPSA) is 46.5 Å². The first-order valence-electron chi connectivity index (χ1n) is 5.50. The van der Waals surface area contributed by atoms with Crippen molar-refractivity contribution in [3.8, 4) is 0 Å². The summed E-state index contributed by atoms with van der Waals surface area (Å²) in [6, 6.07) is 0. The zero-order valence-electron chi connectivity index (χ0n) is 9.29. The zero-order valence-corrected chi connectivity index (χ0v) is 9.29. The van der Waals surface area contributed by atoms with Crippen molar-refractivity contribution in [2.75, 3.05) is 6.61 Å². The highest BCUT2D eigenvalue weighted by Gasteiger charge is 2.06. The Hall–Kier alpha value is -0.570. The average Bonchev–Trinajstić information content (AvgIpc) is 2.10. The average molecular weight is 202 g/mol. The highest BCUT2D eigenvalue weighted by Crippen LogP contribution is 2.04. The fourth-order valence-corrected chi connectivity index (χ4v) is 1.29. The Balaban J connectivity index is 3.14. The summed E-state index contributed by atoms with van der Waals surface area (Å²) in [6.45, 7) is 4.68. The van der Waals surface area contributed by atoms with E-state index in [1.165, 1.54) is 25.7 Å². The minimum absolute atomic E-state index is 0.106. The van der Waals surface area contributed by atoms with E-state index in [0.717, 1.165) is 6.42 Å². The first-order valence-corrected chi connectivity index (χ1v) is 5.50. The Morgan fingerprint density at radius 2 is 1.93 bits per heavy atom. The summed E-state index contributed by atoms with van der Waals surface area (Å²) in [5.74, 6) is -0.788. The lowest BCUT2D eigenvalue weighted by molar-refractivity contribution is -0.139. The lowest BCUT2D eigenvalue weighted by Gasteiger charge is -2.10. The number of ether oxygens (including phenoxy) is 1. The van der Waals surface area contributed by atoms with Crippen LogP contribution in [0.1, 0.15) is 52.4 Å². The third-order valence-electron chi connectivity index (χ3n) is 2.11. The van der Waals surface area contributed by atoms with E-state index in [0.29, 0.717) is 6.61 Å². The number of rotatable bonds is 9. The van der Waals surface area contributed by atoms with Gasteiger partial charge in [0.15, 0.2) is 0 Å². The molecule has 3 heteroatoms.